The molecule has 4 rings (SSSR count). The smallest absolute Gasteiger partial charge is 0.233 e. The van der Waals surface area contributed by atoms with Crippen molar-refractivity contribution in [1.82, 2.24) is 15.0 Å². The Bertz CT molecular complexity index is 1140. The predicted molar refractivity (Wildman–Crippen MR) is 129 cm³/mol. The minimum absolute atomic E-state index is 0.185. The van der Waals surface area contributed by atoms with Gasteiger partial charge >= 0.3 is 0 Å². The van der Waals surface area contributed by atoms with Crippen LogP contribution in [0.3, 0.4) is 0 Å². The molecule has 3 aromatic carbocycles. The highest BCUT2D eigenvalue weighted by atomic mass is 16.5. The SMILES string of the molecule is CC(C)Nc1nc(Nc2ccccc2)nc(Nc2cccc(OCc3ccccc3)c2)n1. The summed E-state index contributed by atoms with van der Waals surface area (Å²) in [5.74, 6) is 2.14. The molecule has 32 heavy (non-hydrogen) atoms. The molecule has 7 nitrogen and oxygen atoms in total. The van der Waals surface area contributed by atoms with E-state index in [2.05, 4.69) is 30.9 Å². The molecule has 0 aliphatic carbocycles. The largest absolute Gasteiger partial charge is 0.489 e. The summed E-state index contributed by atoms with van der Waals surface area (Å²) in [6.45, 7) is 4.58. The third-order valence-electron chi connectivity index (χ3n) is 4.42. The molecule has 0 saturated carbocycles. The highest BCUT2D eigenvalue weighted by Gasteiger charge is 2.09. The topological polar surface area (TPSA) is 84.0 Å². The average Bonchev–Trinajstić information content (AvgIpc) is 2.79. The van der Waals surface area contributed by atoms with Crippen LogP contribution in [-0.2, 0) is 6.61 Å². The second kappa shape index (κ2) is 10.3. The van der Waals surface area contributed by atoms with Crippen molar-refractivity contribution in [1.29, 1.82) is 0 Å². The summed E-state index contributed by atoms with van der Waals surface area (Å²) >= 11 is 0. The monoisotopic (exact) mass is 426 g/mol. The number of hydrogen-bond donors (Lipinski definition) is 3. The average molecular weight is 427 g/mol. The standard InChI is InChI=1S/C25H26N6O/c1-18(2)26-23-29-24(27-20-12-7-4-8-13-20)31-25(30-23)28-21-14-9-15-22(16-21)32-17-19-10-5-3-6-11-19/h3-16,18H,17H2,1-2H3,(H3,26,27,28,29,30,31). The van der Waals surface area contributed by atoms with E-state index in [1.54, 1.807) is 0 Å². The second-order valence-electron chi connectivity index (χ2n) is 7.52. The summed E-state index contributed by atoms with van der Waals surface area (Å²) in [5.41, 5.74) is 2.84. The molecule has 1 heterocycles. The van der Waals surface area contributed by atoms with Gasteiger partial charge in [-0.3, -0.25) is 0 Å². The number of nitrogens with zero attached hydrogens (tertiary/aromatic N) is 3. The lowest BCUT2D eigenvalue weighted by atomic mass is 10.2. The Morgan fingerprint density at radius 2 is 1.28 bits per heavy atom. The van der Waals surface area contributed by atoms with Gasteiger partial charge in [0.2, 0.25) is 17.8 Å². The predicted octanol–water partition coefficient (Wildman–Crippen LogP) is 5.76. The molecule has 0 spiro atoms. The molecule has 0 amide bonds. The normalized spacial score (nSPS) is 10.6. The van der Waals surface area contributed by atoms with Gasteiger partial charge in [0.05, 0.1) is 0 Å². The van der Waals surface area contributed by atoms with Crippen molar-refractivity contribution in [2.75, 3.05) is 16.0 Å². The van der Waals surface area contributed by atoms with Gasteiger partial charge in [-0.1, -0.05) is 54.6 Å². The Labute approximate surface area is 187 Å². The van der Waals surface area contributed by atoms with Crippen LogP contribution in [0.2, 0.25) is 0 Å². The number of hydrogen-bond acceptors (Lipinski definition) is 7. The van der Waals surface area contributed by atoms with Gasteiger partial charge in [0, 0.05) is 23.5 Å². The van der Waals surface area contributed by atoms with Crippen LogP contribution >= 0.6 is 0 Å². The van der Waals surface area contributed by atoms with Crippen molar-refractivity contribution >= 4 is 29.2 Å². The Balaban J connectivity index is 1.51. The van der Waals surface area contributed by atoms with E-state index in [1.807, 2.05) is 98.8 Å². The molecule has 0 radical (unpaired) electrons. The molecular formula is C25H26N6O. The summed E-state index contributed by atoms with van der Waals surface area (Å²) in [6.07, 6.45) is 0. The number of para-hydroxylation sites is 1. The van der Waals surface area contributed by atoms with E-state index < -0.39 is 0 Å². The molecule has 0 unspecified atom stereocenters. The Morgan fingerprint density at radius 1 is 0.688 bits per heavy atom. The fourth-order valence-corrected chi connectivity index (χ4v) is 2.99. The first-order valence-corrected chi connectivity index (χ1v) is 10.5. The highest BCUT2D eigenvalue weighted by molar-refractivity contribution is 5.60. The first kappa shape index (κ1) is 21.1. The molecule has 0 atom stereocenters. The zero-order chi connectivity index (χ0) is 22.2. The third-order valence-corrected chi connectivity index (χ3v) is 4.42. The van der Waals surface area contributed by atoms with Gasteiger partial charge < -0.3 is 20.7 Å². The van der Waals surface area contributed by atoms with Crippen LogP contribution < -0.4 is 20.7 Å². The molecule has 3 N–H and O–H groups in total. The van der Waals surface area contributed by atoms with Crippen molar-refractivity contribution in [3.63, 3.8) is 0 Å². The van der Waals surface area contributed by atoms with E-state index in [0.717, 1.165) is 22.7 Å². The maximum absolute atomic E-state index is 5.93. The lowest BCUT2D eigenvalue weighted by Gasteiger charge is -2.13. The van der Waals surface area contributed by atoms with Crippen molar-refractivity contribution in [2.45, 2.75) is 26.5 Å². The van der Waals surface area contributed by atoms with Crippen molar-refractivity contribution in [3.05, 3.63) is 90.5 Å². The fourth-order valence-electron chi connectivity index (χ4n) is 2.99. The molecule has 0 bridgehead atoms. The van der Waals surface area contributed by atoms with Crippen LogP contribution in [0.15, 0.2) is 84.9 Å². The quantitative estimate of drug-likeness (QED) is 0.314. The van der Waals surface area contributed by atoms with E-state index in [0.29, 0.717) is 24.5 Å². The number of ether oxygens (including phenoxy) is 1. The summed E-state index contributed by atoms with van der Waals surface area (Å²) in [7, 11) is 0. The van der Waals surface area contributed by atoms with Crippen LogP contribution in [0.1, 0.15) is 19.4 Å². The maximum atomic E-state index is 5.93. The number of nitrogens with one attached hydrogen (secondary N) is 3. The van der Waals surface area contributed by atoms with Gasteiger partial charge in [-0.2, -0.15) is 15.0 Å². The molecule has 7 heteroatoms. The first-order chi connectivity index (χ1) is 15.6. The van der Waals surface area contributed by atoms with Gasteiger partial charge in [0.1, 0.15) is 12.4 Å². The van der Waals surface area contributed by atoms with Crippen LogP contribution in [0, 0.1) is 0 Å². The zero-order valence-corrected chi connectivity index (χ0v) is 18.1. The van der Waals surface area contributed by atoms with Gasteiger partial charge in [-0.05, 0) is 43.7 Å². The minimum atomic E-state index is 0.185. The molecule has 162 valence electrons. The van der Waals surface area contributed by atoms with Crippen molar-refractivity contribution < 1.29 is 4.74 Å². The summed E-state index contributed by atoms with van der Waals surface area (Å²) in [4.78, 5) is 13.5. The molecule has 0 saturated heterocycles. The number of aromatic nitrogens is 3. The second-order valence-corrected chi connectivity index (χ2v) is 7.52. The first-order valence-electron chi connectivity index (χ1n) is 10.5. The summed E-state index contributed by atoms with van der Waals surface area (Å²) < 4.78 is 5.93. The maximum Gasteiger partial charge on any atom is 0.233 e. The Kier molecular flexibility index (Phi) is 6.77. The van der Waals surface area contributed by atoms with Crippen LogP contribution in [-0.4, -0.2) is 21.0 Å². The lowest BCUT2D eigenvalue weighted by molar-refractivity contribution is 0.306. The molecular weight excluding hydrogens is 400 g/mol. The summed E-state index contributed by atoms with van der Waals surface area (Å²) in [6, 6.07) is 27.8. The Hall–Kier alpha value is -4.13. The van der Waals surface area contributed by atoms with Gasteiger partial charge in [-0.25, -0.2) is 0 Å². The van der Waals surface area contributed by atoms with E-state index >= 15 is 0 Å². The molecule has 4 aromatic rings. The zero-order valence-electron chi connectivity index (χ0n) is 18.1. The van der Waals surface area contributed by atoms with Gasteiger partial charge in [0.15, 0.2) is 0 Å². The Morgan fingerprint density at radius 3 is 1.97 bits per heavy atom. The van der Waals surface area contributed by atoms with Crippen molar-refractivity contribution in [2.24, 2.45) is 0 Å². The lowest BCUT2D eigenvalue weighted by Crippen LogP contribution is -2.15. The van der Waals surface area contributed by atoms with Crippen LogP contribution in [0.4, 0.5) is 29.2 Å². The highest BCUT2D eigenvalue weighted by Crippen LogP contribution is 2.23. The molecule has 1 aromatic heterocycles. The molecule has 0 aliphatic rings. The molecule has 0 fully saturated rings. The van der Waals surface area contributed by atoms with E-state index in [9.17, 15) is 0 Å². The van der Waals surface area contributed by atoms with E-state index in [4.69, 9.17) is 4.74 Å². The minimum Gasteiger partial charge on any atom is -0.489 e. The van der Waals surface area contributed by atoms with Gasteiger partial charge in [0.25, 0.3) is 0 Å². The summed E-state index contributed by atoms with van der Waals surface area (Å²) in [5, 5.41) is 9.73. The van der Waals surface area contributed by atoms with Gasteiger partial charge in [-0.15, -0.1) is 0 Å². The molecule has 0 aliphatic heterocycles. The fraction of sp³-hybridized carbons (Fsp3) is 0.160. The van der Waals surface area contributed by atoms with E-state index in [1.165, 1.54) is 0 Å². The van der Waals surface area contributed by atoms with Crippen molar-refractivity contribution in [3.8, 4) is 5.75 Å². The number of anilines is 5. The number of rotatable bonds is 9. The number of benzene rings is 3. The third kappa shape index (κ3) is 6.18. The van der Waals surface area contributed by atoms with E-state index in [-0.39, 0.29) is 6.04 Å². The van der Waals surface area contributed by atoms with Crippen LogP contribution in [0.5, 0.6) is 5.75 Å². The van der Waals surface area contributed by atoms with Crippen LogP contribution in [0.25, 0.3) is 0 Å².